The Hall–Kier alpha value is -1.94. The van der Waals surface area contributed by atoms with Crippen LogP contribution in [0.15, 0.2) is 18.2 Å². The van der Waals surface area contributed by atoms with Crippen LogP contribution in [-0.2, 0) is 10.0 Å². The number of nitrogen functional groups attached to an aromatic ring is 1. The minimum atomic E-state index is -3.76. The molecule has 0 aliphatic carbocycles. The SMILES string of the molecule is COc1ccc(N)c(NS(=O)(=O)C(C)C#N)c1. The number of sulfonamides is 1. The first-order valence-corrected chi connectivity index (χ1v) is 6.30. The molecule has 1 atom stereocenters. The summed E-state index contributed by atoms with van der Waals surface area (Å²) in [5.41, 5.74) is 6.09. The summed E-state index contributed by atoms with van der Waals surface area (Å²) in [7, 11) is -2.30. The minimum absolute atomic E-state index is 0.200. The average Bonchev–Trinajstić information content (AvgIpc) is 2.30. The molecule has 6 nitrogen and oxygen atoms in total. The summed E-state index contributed by atoms with van der Waals surface area (Å²) in [4.78, 5) is 0. The molecule has 1 aromatic carbocycles. The number of hydrogen-bond donors (Lipinski definition) is 2. The van der Waals surface area contributed by atoms with Gasteiger partial charge in [-0.15, -0.1) is 0 Å². The van der Waals surface area contributed by atoms with Gasteiger partial charge in [-0.2, -0.15) is 5.26 Å². The number of hydrogen-bond acceptors (Lipinski definition) is 5. The van der Waals surface area contributed by atoms with Crippen molar-refractivity contribution in [3.8, 4) is 11.8 Å². The normalized spacial score (nSPS) is 12.5. The van der Waals surface area contributed by atoms with E-state index in [-0.39, 0.29) is 11.4 Å². The summed E-state index contributed by atoms with van der Waals surface area (Å²) in [6, 6.07) is 6.24. The standard InChI is InChI=1S/C10H13N3O3S/c1-7(6-11)17(14,15)13-10-5-8(16-2)3-4-9(10)12/h3-5,7,13H,12H2,1-2H3. The molecule has 0 fully saturated rings. The summed E-state index contributed by atoms with van der Waals surface area (Å²) in [6.45, 7) is 1.29. The Labute approximate surface area is 100 Å². The van der Waals surface area contributed by atoms with Gasteiger partial charge < -0.3 is 10.5 Å². The number of benzene rings is 1. The molecular weight excluding hydrogens is 242 g/mol. The third-order valence-corrected chi connectivity index (χ3v) is 3.70. The van der Waals surface area contributed by atoms with Crippen molar-refractivity contribution in [2.75, 3.05) is 17.6 Å². The first-order chi connectivity index (χ1) is 7.90. The maximum atomic E-state index is 11.7. The third-order valence-electron chi connectivity index (χ3n) is 2.16. The van der Waals surface area contributed by atoms with Gasteiger partial charge in [0, 0.05) is 6.07 Å². The third kappa shape index (κ3) is 3.01. The van der Waals surface area contributed by atoms with E-state index in [1.807, 2.05) is 0 Å². The Bertz CT molecular complexity index is 548. The van der Waals surface area contributed by atoms with Crippen LogP contribution in [0.3, 0.4) is 0 Å². The van der Waals surface area contributed by atoms with E-state index in [4.69, 9.17) is 15.7 Å². The van der Waals surface area contributed by atoms with Gasteiger partial charge in [-0.1, -0.05) is 0 Å². The maximum absolute atomic E-state index is 11.7. The molecule has 0 heterocycles. The van der Waals surface area contributed by atoms with Crippen molar-refractivity contribution in [1.82, 2.24) is 0 Å². The number of rotatable bonds is 4. The molecule has 1 unspecified atom stereocenters. The number of methoxy groups -OCH3 is 1. The van der Waals surface area contributed by atoms with Gasteiger partial charge >= 0.3 is 0 Å². The molecule has 0 saturated carbocycles. The van der Waals surface area contributed by atoms with E-state index in [1.165, 1.54) is 26.2 Å². The van der Waals surface area contributed by atoms with Gasteiger partial charge in [0.1, 0.15) is 5.75 Å². The minimum Gasteiger partial charge on any atom is -0.497 e. The fourth-order valence-electron chi connectivity index (χ4n) is 1.06. The zero-order valence-electron chi connectivity index (χ0n) is 9.47. The molecular formula is C10H13N3O3S. The van der Waals surface area contributed by atoms with Gasteiger partial charge in [-0.05, 0) is 19.1 Å². The van der Waals surface area contributed by atoms with Crippen LogP contribution < -0.4 is 15.2 Å². The predicted molar refractivity (Wildman–Crippen MR) is 65.0 cm³/mol. The molecule has 0 aliphatic heterocycles. The zero-order valence-corrected chi connectivity index (χ0v) is 10.3. The second kappa shape index (κ2) is 4.93. The number of ether oxygens (including phenoxy) is 1. The molecule has 92 valence electrons. The van der Waals surface area contributed by atoms with Gasteiger partial charge in [0.05, 0.1) is 24.6 Å². The molecule has 1 aromatic rings. The van der Waals surface area contributed by atoms with Crippen LogP contribution in [0.5, 0.6) is 5.75 Å². The van der Waals surface area contributed by atoms with Crippen LogP contribution in [0.25, 0.3) is 0 Å². The number of nitrogens with two attached hydrogens (primary N) is 1. The first kappa shape index (κ1) is 13.1. The van der Waals surface area contributed by atoms with Crippen molar-refractivity contribution in [1.29, 1.82) is 5.26 Å². The second-order valence-electron chi connectivity index (χ2n) is 3.37. The van der Waals surface area contributed by atoms with Crippen LogP contribution in [0.2, 0.25) is 0 Å². The van der Waals surface area contributed by atoms with Gasteiger partial charge in [0.2, 0.25) is 10.0 Å². The molecule has 0 amide bonds. The first-order valence-electron chi connectivity index (χ1n) is 4.75. The summed E-state index contributed by atoms with van der Waals surface area (Å²) in [5.74, 6) is 0.474. The molecule has 0 bridgehead atoms. The lowest BCUT2D eigenvalue weighted by Crippen LogP contribution is -2.24. The van der Waals surface area contributed by atoms with E-state index < -0.39 is 15.3 Å². The van der Waals surface area contributed by atoms with E-state index in [9.17, 15) is 8.42 Å². The largest absolute Gasteiger partial charge is 0.497 e. The maximum Gasteiger partial charge on any atom is 0.248 e. The highest BCUT2D eigenvalue weighted by atomic mass is 32.2. The van der Waals surface area contributed by atoms with E-state index in [1.54, 1.807) is 12.1 Å². The van der Waals surface area contributed by atoms with Crippen LogP contribution >= 0.6 is 0 Å². The van der Waals surface area contributed by atoms with E-state index in [0.29, 0.717) is 5.75 Å². The second-order valence-corrected chi connectivity index (χ2v) is 5.37. The zero-order chi connectivity index (χ0) is 13.1. The van der Waals surface area contributed by atoms with E-state index in [0.717, 1.165) is 0 Å². The average molecular weight is 255 g/mol. The topological polar surface area (TPSA) is 105 Å². The quantitative estimate of drug-likeness (QED) is 0.778. The van der Waals surface area contributed by atoms with Gasteiger partial charge in [0.15, 0.2) is 5.25 Å². The van der Waals surface area contributed by atoms with E-state index in [2.05, 4.69) is 4.72 Å². The lowest BCUT2D eigenvalue weighted by atomic mass is 10.2. The molecule has 0 saturated heterocycles. The van der Waals surface area contributed by atoms with Crippen LogP contribution in [-0.4, -0.2) is 20.8 Å². The molecule has 0 radical (unpaired) electrons. The number of anilines is 2. The van der Waals surface area contributed by atoms with Crippen molar-refractivity contribution >= 4 is 21.4 Å². The van der Waals surface area contributed by atoms with Crippen molar-refractivity contribution < 1.29 is 13.2 Å². The Morgan fingerprint density at radius 1 is 1.53 bits per heavy atom. The van der Waals surface area contributed by atoms with E-state index >= 15 is 0 Å². The lowest BCUT2D eigenvalue weighted by molar-refractivity contribution is 0.415. The fraction of sp³-hybridized carbons (Fsp3) is 0.300. The van der Waals surface area contributed by atoms with Crippen LogP contribution in [0, 0.1) is 11.3 Å². The number of nitriles is 1. The Kier molecular flexibility index (Phi) is 3.81. The Morgan fingerprint density at radius 3 is 2.71 bits per heavy atom. The molecule has 7 heteroatoms. The molecule has 1 rings (SSSR count). The number of nitrogens with one attached hydrogen (secondary N) is 1. The molecule has 0 aliphatic rings. The predicted octanol–water partition coefficient (Wildman–Crippen LogP) is 0.931. The summed E-state index contributed by atoms with van der Waals surface area (Å²) >= 11 is 0. The van der Waals surface area contributed by atoms with Gasteiger partial charge in [0.25, 0.3) is 0 Å². The highest BCUT2D eigenvalue weighted by molar-refractivity contribution is 7.93. The van der Waals surface area contributed by atoms with Gasteiger partial charge in [-0.25, -0.2) is 8.42 Å². The van der Waals surface area contributed by atoms with Crippen LogP contribution in [0.4, 0.5) is 11.4 Å². The monoisotopic (exact) mass is 255 g/mol. The highest BCUT2D eigenvalue weighted by Crippen LogP contribution is 2.25. The van der Waals surface area contributed by atoms with Crippen molar-refractivity contribution in [2.45, 2.75) is 12.2 Å². The fourth-order valence-corrected chi connectivity index (χ4v) is 1.86. The molecule has 17 heavy (non-hydrogen) atoms. The van der Waals surface area contributed by atoms with Crippen molar-refractivity contribution in [3.63, 3.8) is 0 Å². The summed E-state index contributed by atoms with van der Waals surface area (Å²) in [6.07, 6.45) is 0. The van der Waals surface area contributed by atoms with Crippen molar-refractivity contribution in [3.05, 3.63) is 18.2 Å². The smallest absolute Gasteiger partial charge is 0.248 e. The van der Waals surface area contributed by atoms with Crippen LogP contribution in [0.1, 0.15) is 6.92 Å². The molecule has 0 spiro atoms. The number of nitrogens with zero attached hydrogens (tertiary/aromatic N) is 1. The highest BCUT2D eigenvalue weighted by Gasteiger charge is 2.21. The van der Waals surface area contributed by atoms with Gasteiger partial charge in [-0.3, -0.25) is 4.72 Å². The molecule has 0 aromatic heterocycles. The lowest BCUT2D eigenvalue weighted by Gasteiger charge is -2.12. The summed E-state index contributed by atoms with van der Waals surface area (Å²) in [5, 5.41) is 7.43. The van der Waals surface area contributed by atoms with Crippen molar-refractivity contribution in [2.24, 2.45) is 0 Å². The Balaban J connectivity index is 3.08. The summed E-state index contributed by atoms with van der Waals surface area (Å²) < 4.78 is 30.5. The molecule has 3 N–H and O–H groups in total. The Morgan fingerprint density at radius 2 is 2.18 bits per heavy atom.